The van der Waals surface area contributed by atoms with Gasteiger partial charge < -0.3 is 24.7 Å². The summed E-state index contributed by atoms with van der Waals surface area (Å²) in [6.07, 6.45) is 1.31. The molecular weight excluding hydrogens is 456 g/mol. The number of rotatable bonds is 8. The Kier molecular flexibility index (Phi) is 6.38. The Labute approximate surface area is 185 Å². The Morgan fingerprint density at radius 2 is 2.03 bits per heavy atom. The fourth-order valence-electron chi connectivity index (χ4n) is 5.46. The molecular formula is C21H31BrN2O6. The quantitative estimate of drug-likeness (QED) is 0.395. The van der Waals surface area contributed by atoms with Crippen LogP contribution < -0.4 is 0 Å². The van der Waals surface area contributed by atoms with Gasteiger partial charge in [0.1, 0.15) is 11.6 Å². The van der Waals surface area contributed by atoms with Gasteiger partial charge in [0.15, 0.2) is 0 Å². The summed E-state index contributed by atoms with van der Waals surface area (Å²) in [5.74, 6) is -3.93. The van der Waals surface area contributed by atoms with Crippen molar-refractivity contribution < 1.29 is 29.3 Å². The van der Waals surface area contributed by atoms with Gasteiger partial charge in [-0.15, -0.1) is 6.58 Å². The number of aliphatic hydroxyl groups is 1. The molecule has 9 heteroatoms. The lowest BCUT2D eigenvalue weighted by Crippen LogP contribution is -2.60. The summed E-state index contributed by atoms with van der Waals surface area (Å²) in [4.78, 5) is 42.3. The molecule has 0 aromatic heterocycles. The minimum absolute atomic E-state index is 0.128. The summed E-state index contributed by atoms with van der Waals surface area (Å²) < 4.78 is 6.24. The molecule has 0 saturated carbocycles. The fourth-order valence-corrected chi connectivity index (χ4v) is 6.40. The van der Waals surface area contributed by atoms with E-state index in [9.17, 15) is 24.6 Å². The molecule has 0 aromatic rings. The number of likely N-dealkylation sites (tertiary alicyclic amines) is 1. The van der Waals surface area contributed by atoms with Crippen molar-refractivity contribution >= 4 is 33.7 Å². The number of amides is 2. The second kappa shape index (κ2) is 8.24. The molecule has 2 amide bonds. The maximum absolute atomic E-state index is 13.8. The van der Waals surface area contributed by atoms with Crippen LogP contribution in [0.15, 0.2) is 12.7 Å². The molecule has 0 radical (unpaired) electrons. The first-order valence-electron chi connectivity index (χ1n) is 10.4. The molecule has 0 aliphatic carbocycles. The highest BCUT2D eigenvalue weighted by Crippen LogP contribution is 2.60. The normalized spacial score (nSPS) is 35.8. The van der Waals surface area contributed by atoms with Crippen molar-refractivity contribution in [2.75, 3.05) is 13.2 Å². The molecule has 8 nitrogen and oxygen atoms in total. The number of carboxylic acid groups (broad SMARTS) is 1. The average Bonchev–Trinajstić information content (AvgIpc) is 3.23. The SMILES string of the molecule is C=CCN(C(=O)C1N([C@@H](CO)C(C)C)C(=O)[C@@H]2[C@H](C(=O)O)[C@H]3OC12CC3Br)C(C)C. The topological polar surface area (TPSA) is 107 Å². The molecule has 0 aromatic carbocycles. The lowest BCUT2D eigenvalue weighted by atomic mass is 9.70. The molecule has 30 heavy (non-hydrogen) atoms. The van der Waals surface area contributed by atoms with Crippen molar-refractivity contribution in [2.45, 2.75) is 68.8 Å². The van der Waals surface area contributed by atoms with Crippen LogP contribution in [-0.4, -0.2) is 85.6 Å². The van der Waals surface area contributed by atoms with E-state index in [4.69, 9.17) is 4.74 Å². The number of carboxylic acids is 1. The van der Waals surface area contributed by atoms with E-state index in [-0.39, 0.29) is 29.3 Å². The van der Waals surface area contributed by atoms with E-state index in [0.717, 1.165) is 0 Å². The van der Waals surface area contributed by atoms with Crippen molar-refractivity contribution in [3.63, 3.8) is 0 Å². The van der Waals surface area contributed by atoms with E-state index in [0.29, 0.717) is 13.0 Å². The number of hydrogen-bond donors (Lipinski definition) is 2. The van der Waals surface area contributed by atoms with Gasteiger partial charge in [0, 0.05) is 17.4 Å². The van der Waals surface area contributed by atoms with Crippen LogP contribution in [0.2, 0.25) is 0 Å². The second-order valence-corrected chi connectivity index (χ2v) is 10.3. The van der Waals surface area contributed by atoms with Crippen LogP contribution in [0.4, 0.5) is 0 Å². The van der Waals surface area contributed by atoms with E-state index in [2.05, 4.69) is 22.5 Å². The van der Waals surface area contributed by atoms with Gasteiger partial charge in [0.05, 0.1) is 30.6 Å². The zero-order valence-electron chi connectivity index (χ0n) is 17.8. The molecule has 3 heterocycles. The zero-order chi connectivity index (χ0) is 22.5. The molecule has 3 fully saturated rings. The number of halogens is 1. The molecule has 3 unspecified atom stereocenters. The van der Waals surface area contributed by atoms with Gasteiger partial charge in [-0.25, -0.2) is 0 Å². The summed E-state index contributed by atoms with van der Waals surface area (Å²) in [6, 6.07) is -1.76. The highest BCUT2D eigenvalue weighted by atomic mass is 79.9. The minimum atomic E-state index is -1.23. The highest BCUT2D eigenvalue weighted by molar-refractivity contribution is 9.09. The lowest BCUT2D eigenvalue weighted by Gasteiger charge is -2.41. The van der Waals surface area contributed by atoms with Crippen LogP contribution in [0.3, 0.4) is 0 Å². The summed E-state index contributed by atoms with van der Waals surface area (Å²) in [5.41, 5.74) is -1.23. The molecule has 2 bridgehead atoms. The zero-order valence-corrected chi connectivity index (χ0v) is 19.4. The summed E-state index contributed by atoms with van der Waals surface area (Å²) >= 11 is 3.52. The highest BCUT2D eigenvalue weighted by Gasteiger charge is 2.77. The van der Waals surface area contributed by atoms with Gasteiger partial charge in [-0.2, -0.15) is 0 Å². The summed E-state index contributed by atoms with van der Waals surface area (Å²) in [6.45, 7) is 11.2. The Balaban J connectivity index is 2.16. The van der Waals surface area contributed by atoms with Crippen LogP contribution in [0.25, 0.3) is 0 Å². The number of alkyl halides is 1. The number of fused-ring (bicyclic) bond motifs is 1. The standard InChI is InChI=1S/C21H31BrN2O6/c1-6-7-23(11(4)5)19(27)17-21-8-12(22)16(30-21)14(20(28)29)15(21)18(26)24(17)13(9-25)10(2)3/h6,10-17,25H,1,7-9H2,2-5H3,(H,28,29)/t12?,13-,14-,15-,16-,17?,21?/m0/s1. The number of ether oxygens (including phenoxy) is 1. The number of aliphatic hydroxyl groups excluding tert-OH is 1. The van der Waals surface area contributed by atoms with Gasteiger partial charge in [-0.05, 0) is 26.2 Å². The maximum atomic E-state index is 13.8. The maximum Gasteiger partial charge on any atom is 0.310 e. The Hall–Kier alpha value is -1.45. The van der Waals surface area contributed by atoms with Crippen molar-refractivity contribution in [2.24, 2.45) is 17.8 Å². The molecule has 3 saturated heterocycles. The predicted octanol–water partition coefficient (Wildman–Crippen LogP) is 1.26. The van der Waals surface area contributed by atoms with Crippen molar-refractivity contribution in [3.05, 3.63) is 12.7 Å². The smallest absolute Gasteiger partial charge is 0.310 e. The second-order valence-electron chi connectivity index (χ2n) is 9.11. The molecule has 1 spiro atoms. The Bertz CT molecular complexity index is 743. The predicted molar refractivity (Wildman–Crippen MR) is 113 cm³/mol. The van der Waals surface area contributed by atoms with E-state index in [1.165, 1.54) is 4.90 Å². The molecule has 7 atom stereocenters. The molecule has 2 N–H and O–H groups in total. The van der Waals surface area contributed by atoms with Crippen molar-refractivity contribution in [3.8, 4) is 0 Å². The number of hydrogen-bond acceptors (Lipinski definition) is 5. The summed E-state index contributed by atoms with van der Waals surface area (Å²) in [7, 11) is 0. The first-order valence-corrected chi connectivity index (χ1v) is 11.3. The largest absolute Gasteiger partial charge is 0.481 e. The number of carbonyl (C=O) groups is 3. The first-order chi connectivity index (χ1) is 14.0. The first kappa shape index (κ1) is 23.2. The summed E-state index contributed by atoms with van der Waals surface area (Å²) in [5, 5.41) is 20.0. The van der Waals surface area contributed by atoms with E-state index in [1.54, 1.807) is 11.0 Å². The van der Waals surface area contributed by atoms with Crippen molar-refractivity contribution in [1.29, 1.82) is 0 Å². The van der Waals surface area contributed by atoms with Gasteiger partial charge in [-0.3, -0.25) is 14.4 Å². The van der Waals surface area contributed by atoms with E-state index >= 15 is 0 Å². The Morgan fingerprint density at radius 1 is 1.40 bits per heavy atom. The van der Waals surface area contributed by atoms with Crippen LogP contribution in [0.5, 0.6) is 0 Å². The fraction of sp³-hybridized carbons (Fsp3) is 0.762. The molecule has 3 rings (SSSR count). The van der Waals surface area contributed by atoms with Gasteiger partial charge in [-0.1, -0.05) is 35.9 Å². The van der Waals surface area contributed by atoms with Crippen LogP contribution >= 0.6 is 15.9 Å². The van der Waals surface area contributed by atoms with Crippen LogP contribution in [0, 0.1) is 17.8 Å². The van der Waals surface area contributed by atoms with E-state index in [1.807, 2.05) is 27.7 Å². The third kappa shape index (κ3) is 3.20. The van der Waals surface area contributed by atoms with Crippen LogP contribution in [-0.2, 0) is 19.1 Å². The third-order valence-corrected chi connectivity index (χ3v) is 7.64. The van der Waals surface area contributed by atoms with E-state index < -0.39 is 47.5 Å². The lowest BCUT2D eigenvalue weighted by molar-refractivity contribution is -0.154. The average molecular weight is 487 g/mol. The number of nitrogens with zero attached hydrogens (tertiary/aromatic N) is 2. The number of aliphatic carboxylic acids is 1. The van der Waals surface area contributed by atoms with Crippen LogP contribution in [0.1, 0.15) is 34.1 Å². The number of carbonyl (C=O) groups excluding carboxylic acids is 2. The van der Waals surface area contributed by atoms with Gasteiger partial charge in [0.25, 0.3) is 0 Å². The molecule has 3 aliphatic heterocycles. The van der Waals surface area contributed by atoms with Gasteiger partial charge >= 0.3 is 5.97 Å². The molecule has 168 valence electrons. The molecule has 3 aliphatic rings. The Morgan fingerprint density at radius 3 is 2.50 bits per heavy atom. The van der Waals surface area contributed by atoms with Gasteiger partial charge in [0.2, 0.25) is 11.8 Å². The third-order valence-electron chi connectivity index (χ3n) is 6.79. The monoisotopic (exact) mass is 486 g/mol. The van der Waals surface area contributed by atoms with Crippen molar-refractivity contribution in [1.82, 2.24) is 9.80 Å². The minimum Gasteiger partial charge on any atom is -0.481 e.